The van der Waals surface area contributed by atoms with E-state index in [9.17, 15) is 4.79 Å². The summed E-state index contributed by atoms with van der Waals surface area (Å²) in [6.45, 7) is 4.34. The molecule has 27 heavy (non-hydrogen) atoms. The van der Waals surface area contributed by atoms with Crippen LogP contribution in [0.15, 0.2) is 0 Å². The second kappa shape index (κ2) is 9.21. The number of halogens is 1. The molecule has 1 saturated carbocycles. The van der Waals surface area contributed by atoms with Gasteiger partial charge in [-0.25, -0.2) is 4.90 Å². The fourth-order valence-corrected chi connectivity index (χ4v) is 7.14. The number of alkyl halides is 1. The van der Waals surface area contributed by atoms with Crippen LogP contribution in [0.3, 0.4) is 0 Å². The fourth-order valence-electron chi connectivity index (χ4n) is 5.59. The molecule has 2 N–H and O–H groups in total. The summed E-state index contributed by atoms with van der Waals surface area (Å²) in [7, 11) is 1.54. The van der Waals surface area contributed by atoms with Crippen molar-refractivity contribution in [1.82, 2.24) is 9.80 Å². The van der Waals surface area contributed by atoms with Crippen molar-refractivity contribution in [3.8, 4) is 0 Å². The van der Waals surface area contributed by atoms with E-state index in [1.54, 1.807) is 0 Å². The van der Waals surface area contributed by atoms with Gasteiger partial charge < -0.3 is 10.1 Å². The van der Waals surface area contributed by atoms with Crippen molar-refractivity contribution in [2.24, 2.45) is 5.92 Å². The minimum Gasteiger partial charge on any atom is -0.468 e. The maximum absolute atomic E-state index is 12.5. The van der Waals surface area contributed by atoms with Crippen molar-refractivity contribution in [3.05, 3.63) is 0 Å². The Morgan fingerprint density at radius 1 is 1.19 bits per heavy atom. The van der Waals surface area contributed by atoms with Crippen LogP contribution in [0.1, 0.15) is 44.9 Å². The number of thioether (sulfide) groups is 1. The van der Waals surface area contributed by atoms with Crippen LogP contribution in [0.5, 0.6) is 0 Å². The summed E-state index contributed by atoms with van der Waals surface area (Å²) in [5.74, 6) is 2.03. The standard InChI is InChI=1S/C20H34ClN3O2S/c1-26-20(25)18-9-17-19(12-23(18)11-16-3-2-8-27-16)24(13-22-17)10-14-4-6-15(21)7-5-14/h14-19,22H,2-13H2,1H3/p+1/t14?,15?,16?,17?,18-,19?/m1/s1. The molecule has 154 valence electrons. The molecule has 0 aromatic heterocycles. The molecule has 3 aliphatic heterocycles. The highest BCUT2D eigenvalue weighted by Gasteiger charge is 2.48. The second-order valence-electron chi connectivity index (χ2n) is 8.90. The zero-order valence-corrected chi connectivity index (χ0v) is 18.1. The fraction of sp³-hybridized carbons (Fsp3) is 0.950. The first kappa shape index (κ1) is 20.3. The summed E-state index contributed by atoms with van der Waals surface area (Å²) in [5, 5.41) is 3.55. The second-order valence-corrected chi connectivity index (χ2v) is 10.9. The Bertz CT molecular complexity index is 511. The number of rotatable bonds is 5. The Balaban J connectivity index is 1.39. The molecule has 3 heterocycles. The van der Waals surface area contributed by atoms with Crippen molar-refractivity contribution < 1.29 is 14.8 Å². The van der Waals surface area contributed by atoms with Crippen LogP contribution in [0.2, 0.25) is 0 Å². The maximum atomic E-state index is 12.5. The minimum absolute atomic E-state index is 0.0382. The average molecular weight is 417 g/mol. The van der Waals surface area contributed by atoms with Gasteiger partial charge >= 0.3 is 5.97 Å². The molecular weight excluding hydrogens is 382 g/mol. The molecule has 4 aliphatic rings. The van der Waals surface area contributed by atoms with E-state index in [0.717, 1.165) is 32.1 Å². The topological polar surface area (TPSA) is 49.4 Å². The molecule has 0 bridgehead atoms. The number of piperidine rings is 1. The minimum atomic E-state index is -0.0552. The summed E-state index contributed by atoms with van der Waals surface area (Å²) in [6.07, 6.45) is 8.44. The number of methoxy groups -OCH3 is 1. The number of nitrogens with zero attached hydrogens (tertiary/aromatic N) is 2. The van der Waals surface area contributed by atoms with E-state index < -0.39 is 0 Å². The molecule has 0 spiro atoms. The van der Waals surface area contributed by atoms with E-state index in [1.807, 2.05) is 0 Å². The number of nitrogens with two attached hydrogens (primary N) is 1. The van der Waals surface area contributed by atoms with Crippen molar-refractivity contribution in [2.45, 2.75) is 73.7 Å². The van der Waals surface area contributed by atoms with Gasteiger partial charge in [-0.1, -0.05) is 0 Å². The number of esters is 1. The van der Waals surface area contributed by atoms with Crippen molar-refractivity contribution in [1.29, 1.82) is 0 Å². The number of quaternary nitrogens is 1. The van der Waals surface area contributed by atoms with E-state index in [-0.39, 0.29) is 12.0 Å². The lowest BCUT2D eigenvalue weighted by Crippen LogP contribution is -2.89. The molecule has 7 heteroatoms. The third kappa shape index (κ3) is 4.77. The van der Waals surface area contributed by atoms with Crippen LogP contribution in [-0.4, -0.2) is 83.7 Å². The summed E-state index contributed by atoms with van der Waals surface area (Å²) < 4.78 is 5.16. The number of likely N-dealkylation sites (tertiary alicyclic amines) is 1. The summed E-state index contributed by atoms with van der Waals surface area (Å²) in [6, 6.07) is 1.05. The third-order valence-corrected chi connectivity index (χ3v) is 8.99. The Morgan fingerprint density at radius 2 is 2.00 bits per heavy atom. The highest BCUT2D eigenvalue weighted by Crippen LogP contribution is 2.32. The molecular formula is C20H35ClN3O2S+. The van der Waals surface area contributed by atoms with E-state index in [4.69, 9.17) is 16.3 Å². The highest BCUT2D eigenvalue weighted by atomic mass is 35.5. The molecule has 4 atom stereocenters. The summed E-state index contributed by atoms with van der Waals surface area (Å²) >= 11 is 8.38. The predicted molar refractivity (Wildman–Crippen MR) is 110 cm³/mol. The van der Waals surface area contributed by atoms with E-state index in [2.05, 4.69) is 26.9 Å². The Morgan fingerprint density at radius 3 is 2.70 bits per heavy atom. The molecule has 0 aromatic carbocycles. The lowest BCUT2D eigenvalue weighted by Gasteiger charge is -2.41. The van der Waals surface area contributed by atoms with Crippen molar-refractivity contribution >= 4 is 29.3 Å². The molecule has 3 unspecified atom stereocenters. The molecule has 4 rings (SSSR count). The van der Waals surface area contributed by atoms with E-state index >= 15 is 0 Å². The van der Waals surface area contributed by atoms with E-state index in [1.165, 1.54) is 57.9 Å². The number of carbonyl (C=O) groups excluding carboxylic acids is 1. The van der Waals surface area contributed by atoms with E-state index in [0.29, 0.717) is 22.7 Å². The quantitative estimate of drug-likeness (QED) is 0.543. The van der Waals surface area contributed by atoms with Crippen LogP contribution in [0, 0.1) is 5.92 Å². The SMILES string of the molecule is COC(=O)[C@H]1CC2[NH2+]CN(CC3CCC(Cl)CC3)C2CN1CC1CCCS1. The number of hydrogen-bond acceptors (Lipinski definition) is 5. The number of carbonyl (C=O) groups is 1. The molecule has 0 radical (unpaired) electrons. The monoisotopic (exact) mass is 416 g/mol. The Kier molecular flexibility index (Phi) is 6.91. The number of hydrogen-bond donors (Lipinski definition) is 1. The average Bonchev–Trinajstić information content (AvgIpc) is 3.32. The first-order valence-corrected chi connectivity index (χ1v) is 12.3. The molecule has 3 saturated heterocycles. The van der Waals surface area contributed by atoms with Gasteiger partial charge in [0.1, 0.15) is 18.8 Å². The van der Waals surface area contributed by atoms with Crippen LogP contribution in [0.25, 0.3) is 0 Å². The van der Waals surface area contributed by atoms with Gasteiger partial charge in [-0.3, -0.25) is 9.69 Å². The Hall–Kier alpha value is -0.0100. The maximum Gasteiger partial charge on any atom is 0.323 e. The number of ether oxygens (including phenoxy) is 1. The van der Waals surface area contributed by atoms with Gasteiger partial charge in [0.15, 0.2) is 0 Å². The predicted octanol–water partition coefficient (Wildman–Crippen LogP) is 1.50. The van der Waals surface area contributed by atoms with Crippen LogP contribution in [-0.2, 0) is 9.53 Å². The molecule has 5 nitrogen and oxygen atoms in total. The molecule has 0 aromatic rings. The largest absolute Gasteiger partial charge is 0.468 e. The molecule has 0 amide bonds. The number of fused-ring (bicyclic) bond motifs is 1. The first-order chi connectivity index (χ1) is 13.1. The van der Waals surface area contributed by atoms with Gasteiger partial charge in [0.2, 0.25) is 0 Å². The lowest BCUT2D eigenvalue weighted by molar-refractivity contribution is -0.678. The smallest absolute Gasteiger partial charge is 0.323 e. The van der Waals surface area contributed by atoms with Crippen LogP contribution >= 0.6 is 23.4 Å². The normalized spacial score (nSPS) is 40.8. The van der Waals surface area contributed by atoms with Crippen LogP contribution in [0.4, 0.5) is 0 Å². The zero-order chi connectivity index (χ0) is 18.8. The summed E-state index contributed by atoms with van der Waals surface area (Å²) in [5.41, 5.74) is 0. The van der Waals surface area contributed by atoms with Gasteiger partial charge in [0.05, 0.1) is 13.2 Å². The van der Waals surface area contributed by atoms with Gasteiger partial charge in [0.25, 0.3) is 0 Å². The summed E-state index contributed by atoms with van der Waals surface area (Å²) in [4.78, 5) is 17.6. The van der Waals surface area contributed by atoms with Gasteiger partial charge in [0, 0.05) is 36.7 Å². The van der Waals surface area contributed by atoms with Crippen LogP contribution < -0.4 is 5.32 Å². The van der Waals surface area contributed by atoms with Crippen molar-refractivity contribution in [2.75, 3.05) is 39.2 Å². The highest BCUT2D eigenvalue weighted by molar-refractivity contribution is 8.00. The van der Waals surface area contributed by atoms with Gasteiger partial charge in [-0.15, -0.1) is 11.6 Å². The molecule has 1 aliphatic carbocycles. The molecule has 4 fully saturated rings. The first-order valence-electron chi connectivity index (χ1n) is 10.8. The van der Waals surface area contributed by atoms with Crippen molar-refractivity contribution in [3.63, 3.8) is 0 Å². The van der Waals surface area contributed by atoms with Gasteiger partial charge in [-0.05, 0) is 50.2 Å². The lowest BCUT2D eigenvalue weighted by atomic mass is 9.87. The van der Waals surface area contributed by atoms with Gasteiger partial charge in [-0.2, -0.15) is 11.8 Å². The zero-order valence-electron chi connectivity index (χ0n) is 16.5. The Labute approximate surface area is 172 Å². The third-order valence-electron chi connectivity index (χ3n) is 7.17.